The van der Waals surface area contributed by atoms with Crippen LogP contribution in [0.4, 0.5) is 5.69 Å². The number of anilines is 1. The molecule has 2 aromatic rings. The molecule has 3 N–H and O–H groups in total. The molecule has 0 aliphatic heterocycles. The first-order valence-electron chi connectivity index (χ1n) is 7.54. The molecule has 1 aliphatic rings. The van der Waals surface area contributed by atoms with Crippen molar-refractivity contribution in [3.63, 3.8) is 0 Å². The Morgan fingerprint density at radius 3 is 2.75 bits per heavy atom. The zero-order chi connectivity index (χ0) is 16.4. The molecule has 0 bridgehead atoms. The van der Waals surface area contributed by atoms with Crippen LogP contribution in [0.15, 0.2) is 52.3 Å². The quantitative estimate of drug-likeness (QED) is 0.621. The molecule has 0 fully saturated rings. The van der Waals surface area contributed by atoms with Gasteiger partial charge in [-0.15, -0.1) is 24.2 Å². The van der Waals surface area contributed by atoms with Crippen LogP contribution in [0.1, 0.15) is 30.0 Å². The van der Waals surface area contributed by atoms with E-state index in [1.807, 2.05) is 30.5 Å². The highest BCUT2D eigenvalue weighted by molar-refractivity contribution is 7.98. The van der Waals surface area contributed by atoms with Crippen molar-refractivity contribution in [3.05, 3.63) is 53.6 Å². The molecule has 3 rings (SSSR count). The SMILES string of the molecule is CSc1cccc(S(=O)(=O)NC2CCCc3cc(N)ccc32)c1.Cl. The van der Waals surface area contributed by atoms with Crippen LogP contribution in [0, 0.1) is 0 Å². The summed E-state index contributed by atoms with van der Waals surface area (Å²) in [6, 6.07) is 12.5. The molecule has 130 valence electrons. The van der Waals surface area contributed by atoms with E-state index in [0.29, 0.717) is 4.90 Å². The van der Waals surface area contributed by atoms with Gasteiger partial charge >= 0.3 is 0 Å². The molecule has 1 unspecified atom stereocenters. The van der Waals surface area contributed by atoms with Gasteiger partial charge in [-0.1, -0.05) is 12.1 Å². The number of hydrogen-bond acceptors (Lipinski definition) is 4. The Morgan fingerprint density at radius 2 is 2.00 bits per heavy atom. The maximum atomic E-state index is 12.7. The van der Waals surface area contributed by atoms with E-state index in [0.717, 1.165) is 41.0 Å². The Bertz CT molecular complexity index is 825. The first kappa shape index (κ1) is 19.1. The van der Waals surface area contributed by atoms with Crippen LogP contribution in [0.2, 0.25) is 0 Å². The van der Waals surface area contributed by atoms with Crippen LogP contribution in [0.3, 0.4) is 0 Å². The van der Waals surface area contributed by atoms with Gasteiger partial charge in [-0.05, 0) is 67.0 Å². The molecular formula is C17H21ClN2O2S2. The Hall–Kier alpha value is -1.21. The lowest BCUT2D eigenvalue weighted by molar-refractivity contribution is 0.507. The molecule has 24 heavy (non-hydrogen) atoms. The van der Waals surface area contributed by atoms with Gasteiger partial charge in [0.1, 0.15) is 0 Å². The van der Waals surface area contributed by atoms with E-state index < -0.39 is 10.0 Å². The third kappa shape index (κ3) is 4.06. The molecule has 2 aromatic carbocycles. The Morgan fingerprint density at radius 1 is 1.21 bits per heavy atom. The number of benzene rings is 2. The van der Waals surface area contributed by atoms with Crippen molar-refractivity contribution >= 4 is 39.9 Å². The van der Waals surface area contributed by atoms with Crippen molar-refractivity contribution in [1.82, 2.24) is 4.72 Å². The molecule has 0 aromatic heterocycles. The first-order valence-corrected chi connectivity index (χ1v) is 10.2. The van der Waals surface area contributed by atoms with Crippen LogP contribution in [0.25, 0.3) is 0 Å². The summed E-state index contributed by atoms with van der Waals surface area (Å²) in [6.07, 6.45) is 4.63. The van der Waals surface area contributed by atoms with Gasteiger partial charge in [0, 0.05) is 16.6 Å². The minimum atomic E-state index is -3.54. The van der Waals surface area contributed by atoms with Crippen LogP contribution in [0.5, 0.6) is 0 Å². The molecule has 0 amide bonds. The van der Waals surface area contributed by atoms with E-state index >= 15 is 0 Å². The van der Waals surface area contributed by atoms with E-state index in [1.54, 1.807) is 18.2 Å². The number of sulfonamides is 1. The van der Waals surface area contributed by atoms with E-state index in [1.165, 1.54) is 11.8 Å². The summed E-state index contributed by atoms with van der Waals surface area (Å²) in [6.45, 7) is 0. The van der Waals surface area contributed by atoms with Gasteiger partial charge in [0.05, 0.1) is 4.90 Å². The van der Waals surface area contributed by atoms with Crippen molar-refractivity contribution in [2.45, 2.75) is 35.1 Å². The number of aryl methyl sites for hydroxylation is 1. The van der Waals surface area contributed by atoms with Gasteiger partial charge < -0.3 is 5.73 Å². The van der Waals surface area contributed by atoms with Gasteiger partial charge in [-0.3, -0.25) is 0 Å². The van der Waals surface area contributed by atoms with Crippen LogP contribution in [-0.4, -0.2) is 14.7 Å². The zero-order valence-corrected chi connectivity index (χ0v) is 15.8. The molecule has 1 atom stereocenters. The molecule has 4 nitrogen and oxygen atoms in total. The van der Waals surface area contributed by atoms with Crippen LogP contribution in [-0.2, 0) is 16.4 Å². The van der Waals surface area contributed by atoms with Crippen molar-refractivity contribution < 1.29 is 8.42 Å². The number of nitrogens with one attached hydrogen (secondary N) is 1. The second-order valence-corrected chi connectivity index (χ2v) is 8.30. The molecule has 0 saturated carbocycles. The summed E-state index contributed by atoms with van der Waals surface area (Å²) < 4.78 is 28.3. The van der Waals surface area contributed by atoms with Gasteiger partial charge in [-0.2, -0.15) is 0 Å². The van der Waals surface area contributed by atoms with E-state index in [-0.39, 0.29) is 18.4 Å². The Labute approximate surface area is 153 Å². The number of hydrogen-bond donors (Lipinski definition) is 2. The Balaban J connectivity index is 0.00000208. The second-order valence-electron chi connectivity index (χ2n) is 5.70. The molecule has 1 aliphatic carbocycles. The fourth-order valence-electron chi connectivity index (χ4n) is 2.98. The fraction of sp³-hybridized carbons (Fsp3) is 0.294. The van der Waals surface area contributed by atoms with Crippen LogP contribution < -0.4 is 10.5 Å². The second kappa shape index (κ2) is 7.78. The topological polar surface area (TPSA) is 72.2 Å². The third-order valence-electron chi connectivity index (χ3n) is 4.13. The predicted molar refractivity (Wildman–Crippen MR) is 102 cm³/mol. The summed E-state index contributed by atoms with van der Waals surface area (Å²) in [5.74, 6) is 0. The van der Waals surface area contributed by atoms with E-state index in [2.05, 4.69) is 4.72 Å². The number of thioether (sulfide) groups is 1. The average Bonchev–Trinajstić information content (AvgIpc) is 2.54. The van der Waals surface area contributed by atoms with Gasteiger partial charge in [0.2, 0.25) is 10.0 Å². The number of fused-ring (bicyclic) bond motifs is 1. The number of rotatable bonds is 4. The molecule has 0 radical (unpaired) electrons. The zero-order valence-electron chi connectivity index (χ0n) is 13.4. The average molecular weight is 385 g/mol. The number of halogens is 1. The summed E-state index contributed by atoms with van der Waals surface area (Å²) in [5, 5.41) is 0. The monoisotopic (exact) mass is 384 g/mol. The molecule has 7 heteroatoms. The van der Waals surface area contributed by atoms with E-state index in [4.69, 9.17) is 5.73 Å². The minimum Gasteiger partial charge on any atom is -0.399 e. The fourth-order valence-corrected chi connectivity index (χ4v) is 4.81. The minimum absolute atomic E-state index is 0. The summed E-state index contributed by atoms with van der Waals surface area (Å²) >= 11 is 1.53. The molecule has 0 heterocycles. The van der Waals surface area contributed by atoms with Crippen LogP contribution >= 0.6 is 24.2 Å². The molecular weight excluding hydrogens is 364 g/mol. The van der Waals surface area contributed by atoms with Crippen molar-refractivity contribution in [2.75, 3.05) is 12.0 Å². The number of nitrogens with two attached hydrogens (primary N) is 1. The lowest BCUT2D eigenvalue weighted by Crippen LogP contribution is -2.31. The first-order chi connectivity index (χ1) is 11.0. The predicted octanol–water partition coefficient (Wildman–Crippen LogP) is 3.77. The highest BCUT2D eigenvalue weighted by Crippen LogP contribution is 2.32. The third-order valence-corrected chi connectivity index (χ3v) is 6.32. The summed E-state index contributed by atoms with van der Waals surface area (Å²) in [4.78, 5) is 1.25. The Kier molecular flexibility index (Phi) is 6.20. The van der Waals surface area contributed by atoms with E-state index in [9.17, 15) is 8.42 Å². The normalized spacial score (nSPS) is 17.0. The van der Waals surface area contributed by atoms with Crippen molar-refractivity contribution in [1.29, 1.82) is 0 Å². The lowest BCUT2D eigenvalue weighted by atomic mass is 9.88. The number of nitrogen functional groups attached to an aromatic ring is 1. The van der Waals surface area contributed by atoms with Crippen molar-refractivity contribution in [3.8, 4) is 0 Å². The summed E-state index contributed by atoms with van der Waals surface area (Å²) in [5.41, 5.74) is 8.74. The molecule has 0 saturated heterocycles. The highest BCUT2D eigenvalue weighted by Gasteiger charge is 2.26. The standard InChI is InChI=1S/C17H20N2O2S2.ClH/c1-22-14-5-3-6-15(11-14)23(20,21)19-17-7-2-4-12-10-13(18)8-9-16(12)17;/h3,5-6,8-11,17,19H,2,4,7,18H2,1H3;1H. The van der Waals surface area contributed by atoms with Gasteiger partial charge in [0.25, 0.3) is 0 Å². The smallest absolute Gasteiger partial charge is 0.241 e. The molecule has 0 spiro atoms. The van der Waals surface area contributed by atoms with Crippen molar-refractivity contribution in [2.24, 2.45) is 0 Å². The maximum Gasteiger partial charge on any atom is 0.241 e. The lowest BCUT2D eigenvalue weighted by Gasteiger charge is -2.26. The van der Waals surface area contributed by atoms with Gasteiger partial charge in [-0.25, -0.2) is 13.1 Å². The van der Waals surface area contributed by atoms with Gasteiger partial charge in [0.15, 0.2) is 0 Å². The maximum absolute atomic E-state index is 12.7. The summed E-state index contributed by atoms with van der Waals surface area (Å²) in [7, 11) is -3.54. The highest BCUT2D eigenvalue weighted by atomic mass is 35.5. The largest absolute Gasteiger partial charge is 0.399 e.